The molecular weight excluding hydrogens is 260 g/mol. The summed E-state index contributed by atoms with van der Waals surface area (Å²) in [7, 11) is 4.04. The van der Waals surface area contributed by atoms with Crippen LogP contribution in [-0.2, 0) is 9.59 Å². The highest BCUT2D eigenvalue weighted by Gasteiger charge is 2.37. The van der Waals surface area contributed by atoms with Crippen molar-refractivity contribution in [3.05, 3.63) is 0 Å². The number of imide groups is 1. The molecule has 0 aromatic carbocycles. The van der Waals surface area contributed by atoms with Gasteiger partial charge in [0.1, 0.15) is 13.1 Å². The number of urea groups is 1. The largest absolute Gasteiger partial charge is 0.339 e. The summed E-state index contributed by atoms with van der Waals surface area (Å²) in [6.07, 6.45) is 1.02. The van der Waals surface area contributed by atoms with Crippen LogP contribution in [0.5, 0.6) is 0 Å². The predicted molar refractivity (Wildman–Crippen MR) is 72.9 cm³/mol. The van der Waals surface area contributed by atoms with Gasteiger partial charge in [0.15, 0.2) is 0 Å². The molecule has 2 atom stereocenters. The topological polar surface area (TPSA) is 73.0 Å². The second-order valence-corrected chi connectivity index (χ2v) is 5.71. The lowest BCUT2D eigenvalue weighted by Gasteiger charge is -2.24. The number of hydrogen-bond donors (Lipinski definition) is 1. The van der Waals surface area contributed by atoms with E-state index >= 15 is 0 Å². The van der Waals surface area contributed by atoms with E-state index in [0.717, 1.165) is 13.0 Å². The molecule has 20 heavy (non-hydrogen) atoms. The number of rotatable bonds is 4. The third kappa shape index (κ3) is 2.92. The molecule has 0 unspecified atom stereocenters. The van der Waals surface area contributed by atoms with Gasteiger partial charge in [-0.3, -0.25) is 14.9 Å². The molecule has 0 aromatic rings. The number of likely N-dealkylation sites (N-methyl/N-ethyl adjacent to an activating group) is 1. The SMILES string of the molecule is CC[C@@H]1CN(C(=O)CN2CC(=O)NC2=O)C[C@H]1N(C)C. The molecule has 0 aliphatic carbocycles. The zero-order valence-corrected chi connectivity index (χ0v) is 12.3. The summed E-state index contributed by atoms with van der Waals surface area (Å²) in [4.78, 5) is 40.0. The minimum atomic E-state index is -0.473. The van der Waals surface area contributed by atoms with Gasteiger partial charge in [0, 0.05) is 19.1 Å². The van der Waals surface area contributed by atoms with Crippen LogP contribution in [0.1, 0.15) is 13.3 Å². The summed E-state index contributed by atoms with van der Waals surface area (Å²) >= 11 is 0. The number of amides is 4. The van der Waals surface area contributed by atoms with Crippen LogP contribution in [0.3, 0.4) is 0 Å². The van der Waals surface area contributed by atoms with Gasteiger partial charge in [-0.2, -0.15) is 0 Å². The normalized spacial score (nSPS) is 26.6. The monoisotopic (exact) mass is 282 g/mol. The molecule has 0 saturated carbocycles. The van der Waals surface area contributed by atoms with Crippen molar-refractivity contribution in [3.63, 3.8) is 0 Å². The molecule has 2 heterocycles. The van der Waals surface area contributed by atoms with E-state index in [0.29, 0.717) is 18.5 Å². The minimum Gasteiger partial charge on any atom is -0.339 e. The molecule has 0 radical (unpaired) electrons. The van der Waals surface area contributed by atoms with Crippen molar-refractivity contribution in [1.82, 2.24) is 20.0 Å². The molecule has 0 spiro atoms. The smallest absolute Gasteiger partial charge is 0.325 e. The van der Waals surface area contributed by atoms with Crippen LogP contribution in [0.4, 0.5) is 4.79 Å². The Kier molecular flexibility index (Phi) is 4.27. The van der Waals surface area contributed by atoms with E-state index in [1.807, 2.05) is 14.1 Å². The van der Waals surface area contributed by atoms with E-state index in [1.54, 1.807) is 4.90 Å². The van der Waals surface area contributed by atoms with Crippen LogP contribution in [0.25, 0.3) is 0 Å². The Morgan fingerprint density at radius 2 is 2.05 bits per heavy atom. The lowest BCUT2D eigenvalue weighted by atomic mass is 10.0. The van der Waals surface area contributed by atoms with E-state index in [4.69, 9.17) is 0 Å². The maximum absolute atomic E-state index is 12.3. The van der Waals surface area contributed by atoms with Gasteiger partial charge in [-0.1, -0.05) is 13.3 Å². The van der Waals surface area contributed by atoms with Crippen molar-refractivity contribution >= 4 is 17.8 Å². The molecular formula is C13H22N4O3. The third-order valence-electron chi connectivity index (χ3n) is 4.14. The average Bonchev–Trinajstić information content (AvgIpc) is 2.93. The second-order valence-electron chi connectivity index (χ2n) is 5.71. The summed E-state index contributed by atoms with van der Waals surface area (Å²) in [5, 5.41) is 2.18. The molecule has 2 rings (SSSR count). The first-order valence-electron chi connectivity index (χ1n) is 6.95. The van der Waals surface area contributed by atoms with Gasteiger partial charge in [-0.15, -0.1) is 0 Å². The number of carbonyl (C=O) groups excluding carboxylic acids is 3. The lowest BCUT2D eigenvalue weighted by molar-refractivity contribution is -0.131. The van der Waals surface area contributed by atoms with Crippen LogP contribution in [0.15, 0.2) is 0 Å². The van der Waals surface area contributed by atoms with Crippen LogP contribution in [0.2, 0.25) is 0 Å². The summed E-state index contributed by atoms with van der Waals surface area (Å²) in [6, 6.07) is -0.114. The Morgan fingerprint density at radius 1 is 1.35 bits per heavy atom. The summed E-state index contributed by atoms with van der Waals surface area (Å²) in [5.41, 5.74) is 0. The fourth-order valence-corrected chi connectivity index (χ4v) is 2.92. The Hall–Kier alpha value is -1.63. The quantitative estimate of drug-likeness (QED) is 0.695. The highest BCUT2D eigenvalue weighted by Crippen LogP contribution is 2.23. The van der Waals surface area contributed by atoms with E-state index in [1.165, 1.54) is 4.90 Å². The molecule has 0 bridgehead atoms. The maximum atomic E-state index is 12.3. The first-order chi connectivity index (χ1) is 9.42. The van der Waals surface area contributed by atoms with Gasteiger partial charge in [0.25, 0.3) is 0 Å². The van der Waals surface area contributed by atoms with Crippen molar-refractivity contribution in [3.8, 4) is 0 Å². The van der Waals surface area contributed by atoms with Gasteiger partial charge in [-0.05, 0) is 20.0 Å². The molecule has 7 heteroatoms. The summed E-state index contributed by atoms with van der Waals surface area (Å²) < 4.78 is 0. The molecule has 2 aliphatic rings. The van der Waals surface area contributed by atoms with Crippen molar-refractivity contribution in [2.24, 2.45) is 5.92 Å². The molecule has 112 valence electrons. The standard InChI is InChI=1S/C13H22N4O3/c1-4-9-5-16(6-10(9)15(2)3)12(19)8-17-7-11(18)14-13(17)20/h9-10H,4-8H2,1-3H3,(H,14,18,20)/t9-,10-/m1/s1. The summed E-state index contributed by atoms with van der Waals surface area (Å²) in [6.45, 7) is 3.50. The molecule has 2 fully saturated rings. The second kappa shape index (κ2) is 5.78. The van der Waals surface area contributed by atoms with E-state index < -0.39 is 6.03 Å². The third-order valence-corrected chi connectivity index (χ3v) is 4.14. The van der Waals surface area contributed by atoms with E-state index in [9.17, 15) is 14.4 Å². The van der Waals surface area contributed by atoms with Crippen LogP contribution < -0.4 is 5.32 Å². The molecule has 0 aromatic heterocycles. The van der Waals surface area contributed by atoms with Gasteiger partial charge >= 0.3 is 6.03 Å². The Morgan fingerprint density at radius 3 is 2.50 bits per heavy atom. The van der Waals surface area contributed by atoms with Gasteiger partial charge < -0.3 is 14.7 Å². The Labute approximate surface area is 118 Å². The van der Waals surface area contributed by atoms with Crippen molar-refractivity contribution in [1.29, 1.82) is 0 Å². The average molecular weight is 282 g/mol. The van der Waals surface area contributed by atoms with Crippen molar-refractivity contribution in [2.45, 2.75) is 19.4 Å². The van der Waals surface area contributed by atoms with Gasteiger partial charge in [-0.25, -0.2) is 4.79 Å². The fourth-order valence-electron chi connectivity index (χ4n) is 2.92. The molecule has 7 nitrogen and oxygen atoms in total. The minimum absolute atomic E-state index is 0.0197. The van der Waals surface area contributed by atoms with E-state index in [2.05, 4.69) is 17.1 Å². The van der Waals surface area contributed by atoms with Crippen molar-refractivity contribution < 1.29 is 14.4 Å². The van der Waals surface area contributed by atoms with Crippen LogP contribution in [0, 0.1) is 5.92 Å². The van der Waals surface area contributed by atoms with E-state index in [-0.39, 0.29) is 24.9 Å². The number of likely N-dealkylation sites (tertiary alicyclic amines) is 1. The molecule has 2 saturated heterocycles. The number of nitrogens with one attached hydrogen (secondary N) is 1. The zero-order chi connectivity index (χ0) is 14.9. The zero-order valence-electron chi connectivity index (χ0n) is 12.3. The summed E-state index contributed by atoms with van der Waals surface area (Å²) in [5.74, 6) is 0.0301. The van der Waals surface area contributed by atoms with Crippen LogP contribution in [-0.4, -0.2) is 78.9 Å². The van der Waals surface area contributed by atoms with Crippen molar-refractivity contribution in [2.75, 3.05) is 40.3 Å². The lowest BCUT2D eigenvalue weighted by Crippen LogP contribution is -2.42. The fraction of sp³-hybridized carbons (Fsp3) is 0.769. The van der Waals surface area contributed by atoms with Gasteiger partial charge in [0.05, 0.1) is 0 Å². The number of nitrogens with zero attached hydrogens (tertiary/aromatic N) is 3. The molecule has 4 amide bonds. The van der Waals surface area contributed by atoms with Gasteiger partial charge in [0.2, 0.25) is 11.8 Å². The first-order valence-corrected chi connectivity index (χ1v) is 6.95. The Bertz CT molecular complexity index is 424. The Balaban J connectivity index is 1.94. The highest BCUT2D eigenvalue weighted by atomic mass is 16.2. The predicted octanol–water partition coefficient (Wildman–Crippen LogP) is -0.663. The molecule has 2 aliphatic heterocycles. The first kappa shape index (κ1) is 14.8. The maximum Gasteiger partial charge on any atom is 0.325 e. The number of carbonyl (C=O) groups is 3. The highest BCUT2D eigenvalue weighted by molar-refractivity contribution is 6.03. The van der Waals surface area contributed by atoms with Crippen LogP contribution >= 0.6 is 0 Å². The molecule has 1 N–H and O–H groups in total. The number of hydrogen-bond acceptors (Lipinski definition) is 4.